The first-order valence-corrected chi connectivity index (χ1v) is 5.92. The number of carbonyl (C=O) groups is 1. The molecule has 4 nitrogen and oxygen atoms in total. The van der Waals surface area contributed by atoms with Crippen LogP contribution in [0.3, 0.4) is 0 Å². The molecular formula is C11H20N2O2. The molecule has 2 aliphatic heterocycles. The molecule has 0 radical (unpaired) electrons. The Balaban J connectivity index is 1.74. The fourth-order valence-electron chi connectivity index (χ4n) is 2.77. The number of rotatable bonds is 3. The first-order valence-electron chi connectivity index (χ1n) is 5.92. The lowest BCUT2D eigenvalue weighted by Crippen LogP contribution is -2.30. The number of carboxylic acids is 1. The fourth-order valence-corrected chi connectivity index (χ4v) is 2.77. The first-order chi connectivity index (χ1) is 7.25. The average molecular weight is 212 g/mol. The molecule has 15 heavy (non-hydrogen) atoms. The molecule has 0 saturated carbocycles. The van der Waals surface area contributed by atoms with Gasteiger partial charge in [-0.25, -0.2) is 0 Å². The van der Waals surface area contributed by atoms with E-state index in [1.54, 1.807) is 0 Å². The predicted octanol–water partition coefficient (Wildman–Crippen LogP) is 0.439. The van der Waals surface area contributed by atoms with Crippen LogP contribution in [-0.2, 0) is 4.79 Å². The second kappa shape index (κ2) is 4.94. The molecular weight excluding hydrogens is 192 g/mol. The Morgan fingerprint density at radius 1 is 1.27 bits per heavy atom. The molecule has 2 heterocycles. The summed E-state index contributed by atoms with van der Waals surface area (Å²) in [5, 5.41) is 15.3. The number of hydrogen-bond acceptors (Lipinski definition) is 3. The molecule has 2 fully saturated rings. The van der Waals surface area contributed by atoms with Crippen molar-refractivity contribution in [2.75, 3.05) is 19.6 Å². The second-order valence-corrected chi connectivity index (χ2v) is 4.83. The Hall–Kier alpha value is -0.610. The number of aliphatic carboxylic acids is 1. The van der Waals surface area contributed by atoms with Gasteiger partial charge < -0.3 is 15.7 Å². The lowest BCUT2D eigenvalue weighted by molar-refractivity contribution is -0.139. The Kier molecular flexibility index (Phi) is 3.59. The van der Waals surface area contributed by atoms with Crippen LogP contribution < -0.4 is 10.6 Å². The molecule has 0 spiro atoms. The molecule has 2 saturated heterocycles. The topological polar surface area (TPSA) is 61.4 Å². The van der Waals surface area contributed by atoms with Crippen molar-refractivity contribution in [3.05, 3.63) is 0 Å². The smallest absolute Gasteiger partial charge is 0.320 e. The van der Waals surface area contributed by atoms with Crippen molar-refractivity contribution in [1.29, 1.82) is 0 Å². The van der Waals surface area contributed by atoms with Crippen LogP contribution in [0.25, 0.3) is 0 Å². The summed E-state index contributed by atoms with van der Waals surface area (Å²) in [4.78, 5) is 10.8. The van der Waals surface area contributed by atoms with Gasteiger partial charge in [-0.1, -0.05) is 0 Å². The van der Waals surface area contributed by atoms with Crippen LogP contribution in [0.2, 0.25) is 0 Å². The quantitative estimate of drug-likeness (QED) is 0.635. The van der Waals surface area contributed by atoms with Crippen molar-refractivity contribution in [2.24, 2.45) is 11.8 Å². The third kappa shape index (κ3) is 2.92. The van der Waals surface area contributed by atoms with E-state index >= 15 is 0 Å². The summed E-state index contributed by atoms with van der Waals surface area (Å²) in [6.45, 7) is 3.15. The van der Waals surface area contributed by atoms with E-state index in [1.807, 2.05) is 0 Å². The summed E-state index contributed by atoms with van der Waals surface area (Å²) in [6.07, 6.45) is 4.54. The first kappa shape index (κ1) is 10.9. The maximum Gasteiger partial charge on any atom is 0.320 e. The SMILES string of the molecule is O=C(O)C1CC(CC2CCNCC2)CN1. The Morgan fingerprint density at radius 3 is 2.60 bits per heavy atom. The van der Waals surface area contributed by atoms with E-state index in [0.29, 0.717) is 5.92 Å². The van der Waals surface area contributed by atoms with Gasteiger partial charge in [-0.15, -0.1) is 0 Å². The monoisotopic (exact) mass is 212 g/mol. The van der Waals surface area contributed by atoms with Crippen molar-refractivity contribution >= 4 is 5.97 Å². The molecule has 3 N–H and O–H groups in total. The zero-order valence-corrected chi connectivity index (χ0v) is 9.04. The van der Waals surface area contributed by atoms with Crippen molar-refractivity contribution in [3.8, 4) is 0 Å². The van der Waals surface area contributed by atoms with Crippen LogP contribution in [0.15, 0.2) is 0 Å². The molecule has 4 heteroatoms. The summed E-state index contributed by atoms with van der Waals surface area (Å²) in [5.74, 6) is 0.697. The third-order valence-electron chi connectivity index (χ3n) is 3.65. The minimum atomic E-state index is -0.692. The molecule has 0 aromatic heterocycles. The normalized spacial score (nSPS) is 33.1. The summed E-state index contributed by atoms with van der Waals surface area (Å²) < 4.78 is 0. The van der Waals surface area contributed by atoms with Crippen LogP contribution in [0.1, 0.15) is 25.7 Å². The van der Waals surface area contributed by atoms with E-state index < -0.39 is 5.97 Å². The van der Waals surface area contributed by atoms with Crippen LogP contribution in [0.4, 0.5) is 0 Å². The molecule has 0 aliphatic carbocycles. The summed E-state index contributed by atoms with van der Waals surface area (Å²) in [5.41, 5.74) is 0. The standard InChI is InChI=1S/C11H20N2O2/c14-11(15)10-6-9(7-13-10)5-8-1-3-12-4-2-8/h8-10,12-13H,1-7H2,(H,14,15). The highest BCUT2D eigenvalue weighted by atomic mass is 16.4. The van der Waals surface area contributed by atoms with Gasteiger partial charge in [0.15, 0.2) is 0 Å². The van der Waals surface area contributed by atoms with Crippen LogP contribution >= 0.6 is 0 Å². The molecule has 0 amide bonds. The van der Waals surface area contributed by atoms with Crippen LogP contribution in [0, 0.1) is 11.8 Å². The fraction of sp³-hybridized carbons (Fsp3) is 0.909. The lowest BCUT2D eigenvalue weighted by Gasteiger charge is -2.24. The second-order valence-electron chi connectivity index (χ2n) is 4.83. The van der Waals surface area contributed by atoms with Gasteiger partial charge in [0.05, 0.1) is 0 Å². The lowest BCUT2D eigenvalue weighted by atomic mass is 9.87. The molecule has 2 unspecified atom stereocenters. The molecule has 0 aromatic carbocycles. The zero-order valence-electron chi connectivity index (χ0n) is 9.04. The van der Waals surface area contributed by atoms with Gasteiger partial charge in [-0.2, -0.15) is 0 Å². The summed E-state index contributed by atoms with van der Waals surface area (Å²) in [7, 11) is 0. The molecule has 2 atom stereocenters. The third-order valence-corrected chi connectivity index (χ3v) is 3.65. The summed E-state index contributed by atoms with van der Waals surface area (Å²) >= 11 is 0. The largest absolute Gasteiger partial charge is 0.480 e. The van der Waals surface area contributed by atoms with E-state index in [-0.39, 0.29) is 6.04 Å². The minimum absolute atomic E-state index is 0.295. The van der Waals surface area contributed by atoms with Gasteiger partial charge in [-0.3, -0.25) is 4.79 Å². The van der Waals surface area contributed by atoms with Crippen molar-refractivity contribution in [1.82, 2.24) is 10.6 Å². The van der Waals surface area contributed by atoms with Gasteiger partial charge in [-0.05, 0) is 57.2 Å². The van der Waals surface area contributed by atoms with Gasteiger partial charge in [0, 0.05) is 0 Å². The van der Waals surface area contributed by atoms with Gasteiger partial charge in [0.25, 0.3) is 0 Å². The number of hydrogen-bond donors (Lipinski definition) is 3. The number of nitrogens with one attached hydrogen (secondary N) is 2. The van der Waals surface area contributed by atoms with Crippen molar-refractivity contribution in [2.45, 2.75) is 31.7 Å². The number of piperidine rings is 1. The van der Waals surface area contributed by atoms with Crippen LogP contribution in [0.5, 0.6) is 0 Å². The highest BCUT2D eigenvalue weighted by Crippen LogP contribution is 2.26. The molecule has 0 bridgehead atoms. The minimum Gasteiger partial charge on any atom is -0.480 e. The highest BCUT2D eigenvalue weighted by molar-refractivity contribution is 5.73. The van der Waals surface area contributed by atoms with E-state index in [4.69, 9.17) is 5.11 Å². The van der Waals surface area contributed by atoms with Gasteiger partial charge in [0.1, 0.15) is 6.04 Å². The molecule has 2 aliphatic rings. The van der Waals surface area contributed by atoms with Gasteiger partial charge in [0.2, 0.25) is 0 Å². The summed E-state index contributed by atoms with van der Waals surface area (Å²) in [6, 6.07) is -0.295. The van der Waals surface area contributed by atoms with Crippen LogP contribution in [-0.4, -0.2) is 36.8 Å². The van der Waals surface area contributed by atoms with E-state index in [0.717, 1.165) is 32.0 Å². The Bertz CT molecular complexity index is 227. The van der Waals surface area contributed by atoms with Crippen molar-refractivity contribution in [3.63, 3.8) is 0 Å². The van der Waals surface area contributed by atoms with E-state index in [2.05, 4.69) is 10.6 Å². The maximum atomic E-state index is 10.8. The molecule has 0 aromatic rings. The van der Waals surface area contributed by atoms with E-state index in [9.17, 15) is 4.79 Å². The zero-order chi connectivity index (χ0) is 10.7. The molecule has 2 rings (SSSR count). The average Bonchev–Trinajstić information content (AvgIpc) is 2.68. The Labute approximate surface area is 90.4 Å². The highest BCUT2D eigenvalue weighted by Gasteiger charge is 2.30. The van der Waals surface area contributed by atoms with Crippen molar-refractivity contribution < 1.29 is 9.90 Å². The van der Waals surface area contributed by atoms with E-state index in [1.165, 1.54) is 19.3 Å². The maximum absolute atomic E-state index is 10.8. The van der Waals surface area contributed by atoms with Gasteiger partial charge >= 0.3 is 5.97 Å². The number of carboxylic acid groups (broad SMARTS) is 1. The molecule has 86 valence electrons. The predicted molar refractivity (Wildman–Crippen MR) is 57.7 cm³/mol. The Morgan fingerprint density at radius 2 is 2.00 bits per heavy atom.